The Kier molecular flexibility index (Phi) is 16.8. The molecule has 3 aromatic carbocycles. The van der Waals surface area contributed by atoms with Gasteiger partial charge in [0.15, 0.2) is 17.3 Å². The van der Waals surface area contributed by atoms with Crippen molar-refractivity contribution < 1.29 is 27.9 Å². The molecule has 2 saturated heterocycles. The van der Waals surface area contributed by atoms with Crippen LogP contribution in [0.25, 0.3) is 16.6 Å². The monoisotopic (exact) mass is 925 g/mol. The third-order valence-corrected chi connectivity index (χ3v) is 12.2. The lowest BCUT2D eigenvalue weighted by atomic mass is 9.89. The topological polar surface area (TPSA) is 234 Å². The minimum Gasteiger partial charge on any atom is -0.451 e. The van der Waals surface area contributed by atoms with Crippen molar-refractivity contribution in [3.05, 3.63) is 94.3 Å². The Bertz CT molecular complexity index is 2610. The molecular weight excluding hydrogens is 873 g/mol. The van der Waals surface area contributed by atoms with Crippen molar-refractivity contribution in [2.75, 3.05) is 87.5 Å². The first-order valence-corrected chi connectivity index (χ1v) is 22.2. The van der Waals surface area contributed by atoms with Crippen molar-refractivity contribution in [2.45, 2.75) is 44.9 Å². The van der Waals surface area contributed by atoms with Gasteiger partial charge in [-0.15, -0.1) is 0 Å². The zero-order valence-corrected chi connectivity index (χ0v) is 37.8. The van der Waals surface area contributed by atoms with Crippen molar-refractivity contribution in [1.29, 1.82) is 5.26 Å². The van der Waals surface area contributed by atoms with Gasteiger partial charge in [-0.2, -0.15) is 5.26 Å². The fourth-order valence-corrected chi connectivity index (χ4v) is 7.99. The zero-order chi connectivity index (χ0) is 47.3. The molecule has 0 spiro atoms. The molecule has 21 heteroatoms. The molecular formula is C45H53F2N13O5S. The summed E-state index contributed by atoms with van der Waals surface area (Å²) in [5, 5.41) is 12.4. The van der Waals surface area contributed by atoms with E-state index in [2.05, 4.69) is 29.9 Å². The number of aldehydes is 1. The van der Waals surface area contributed by atoms with Gasteiger partial charge in [-0.3, -0.25) is 23.9 Å². The molecule has 348 valence electrons. The molecule has 2 aromatic heterocycles. The second kappa shape index (κ2) is 22.8. The van der Waals surface area contributed by atoms with E-state index in [0.29, 0.717) is 99.2 Å². The summed E-state index contributed by atoms with van der Waals surface area (Å²) in [6.07, 6.45) is 8.32. The number of piperazine rings is 1. The number of aromatic nitrogens is 4. The number of carbonyl (C=O) groups excluding carboxylic acids is 3. The highest BCUT2D eigenvalue weighted by molar-refractivity contribution is 7.98. The molecule has 4 heterocycles. The molecule has 2 amide bonds. The Hall–Kier alpha value is -6.89. The Labute approximate surface area is 385 Å². The van der Waals surface area contributed by atoms with E-state index in [1.54, 1.807) is 19.2 Å². The second-order valence-electron chi connectivity index (χ2n) is 15.6. The summed E-state index contributed by atoms with van der Waals surface area (Å²) in [6, 6.07) is 12.5. The minimum atomic E-state index is -0.777. The molecule has 0 atom stereocenters. The van der Waals surface area contributed by atoms with Crippen molar-refractivity contribution in [1.82, 2.24) is 38.9 Å². The van der Waals surface area contributed by atoms with Gasteiger partial charge in [0.05, 0.1) is 46.9 Å². The molecule has 2 fully saturated rings. The van der Waals surface area contributed by atoms with Gasteiger partial charge >= 0.3 is 0 Å². The molecule has 0 bridgehead atoms. The molecule has 7 rings (SSSR count). The molecule has 18 nitrogen and oxygen atoms in total. The number of rotatable bonds is 15. The first-order valence-electron chi connectivity index (χ1n) is 21.5. The first kappa shape index (κ1) is 48.6. The van der Waals surface area contributed by atoms with Crippen LogP contribution in [0.3, 0.4) is 0 Å². The predicted molar refractivity (Wildman–Crippen MR) is 250 cm³/mol. The number of carbonyl (C=O) groups is 3. The summed E-state index contributed by atoms with van der Waals surface area (Å²) >= 11 is 1.24. The van der Waals surface area contributed by atoms with Gasteiger partial charge in [0, 0.05) is 70.4 Å². The normalized spacial score (nSPS) is 14.3. The van der Waals surface area contributed by atoms with Crippen molar-refractivity contribution in [2.24, 2.45) is 0 Å². The quantitative estimate of drug-likeness (QED) is 0.0476. The number of halogens is 2. The molecule has 5 aromatic rings. The maximum atomic E-state index is 15.1. The van der Waals surface area contributed by atoms with Gasteiger partial charge in [0.25, 0.3) is 5.56 Å². The Morgan fingerprint density at radius 1 is 1.02 bits per heavy atom. The van der Waals surface area contributed by atoms with E-state index in [1.165, 1.54) is 65.8 Å². The lowest BCUT2D eigenvalue weighted by Crippen LogP contribution is -2.52. The van der Waals surface area contributed by atoms with Crippen LogP contribution in [0.4, 0.5) is 31.8 Å². The lowest BCUT2D eigenvalue weighted by Gasteiger charge is -2.37. The highest BCUT2D eigenvalue weighted by atomic mass is 32.2. The van der Waals surface area contributed by atoms with E-state index in [0.717, 1.165) is 25.7 Å². The smallest absolute Gasteiger partial charge is 0.268 e. The fourth-order valence-electron chi connectivity index (χ4n) is 7.44. The molecule has 6 N–H and O–H groups in total. The van der Waals surface area contributed by atoms with Crippen LogP contribution in [0.1, 0.15) is 56.1 Å². The SMILES string of the molecule is CCN(C)SNc1ccc(F)c(Oc2ccc3ncn(-c4cnc(N5CCN(C(=O)CN6CCC(c7ccc(N)cc7F)CC6)CC5)nc4)c(=O)c3c2N)c1C#N.CNC(=O)CCCC=O. The standard InChI is InChI=1S/C39H42F2N12O3S.C6H11NO2/c1-3-49(2)57-48-31-7-6-29(40)37(28(31)19-42)56-33-9-8-32-35(36(33)44)38(55)53(23-47-32)26-20-45-39(46-21-26)52-16-14-51(15-17-52)34(54)22-50-12-10-24(11-13-50)27-5-4-25(43)18-30(27)41;1-7-6(9)4-2-3-5-8/h4-9,18,20-21,23-24,48H,3,10-17,22,43-44H2,1-2H3;5H,2-4H2,1H3,(H,7,9). The number of unbranched alkanes of at least 4 members (excludes halogenated alkanes) is 1. The van der Waals surface area contributed by atoms with Crippen LogP contribution in [0.5, 0.6) is 11.5 Å². The van der Waals surface area contributed by atoms with Crippen LogP contribution in [0.15, 0.2) is 66.0 Å². The van der Waals surface area contributed by atoms with Crippen LogP contribution >= 0.6 is 12.1 Å². The molecule has 0 unspecified atom stereocenters. The Balaban J connectivity index is 0.000000724. The van der Waals surface area contributed by atoms with Crippen LogP contribution in [-0.2, 0) is 14.4 Å². The van der Waals surface area contributed by atoms with Gasteiger partial charge in [0.1, 0.15) is 30.1 Å². The van der Waals surface area contributed by atoms with Gasteiger partial charge in [-0.25, -0.2) is 28.0 Å². The average Bonchev–Trinajstić information content (AvgIpc) is 3.33. The van der Waals surface area contributed by atoms with Crippen LogP contribution in [0, 0.1) is 23.0 Å². The number of ether oxygens (including phenoxy) is 1. The number of nitrogens with zero attached hydrogens (tertiary/aromatic N) is 9. The maximum Gasteiger partial charge on any atom is 0.268 e. The largest absolute Gasteiger partial charge is 0.451 e. The van der Waals surface area contributed by atoms with E-state index < -0.39 is 11.4 Å². The van der Waals surface area contributed by atoms with Gasteiger partial charge in [-0.1, -0.05) is 13.0 Å². The third-order valence-electron chi connectivity index (χ3n) is 11.4. The van der Waals surface area contributed by atoms with Gasteiger partial charge in [-0.05, 0) is 87.3 Å². The number of anilines is 4. The molecule has 66 heavy (non-hydrogen) atoms. The number of piperidine rings is 1. The average molecular weight is 926 g/mol. The van der Waals surface area contributed by atoms with E-state index in [-0.39, 0.29) is 51.7 Å². The van der Waals surface area contributed by atoms with Crippen LogP contribution in [0.2, 0.25) is 0 Å². The first-order chi connectivity index (χ1) is 31.8. The summed E-state index contributed by atoms with van der Waals surface area (Å²) < 4.78 is 41.6. The summed E-state index contributed by atoms with van der Waals surface area (Å²) in [5.41, 5.74) is 13.6. The number of hydrogen-bond acceptors (Lipinski definition) is 16. The molecule has 2 aliphatic heterocycles. The summed E-state index contributed by atoms with van der Waals surface area (Å²) in [5.74, 6) is -0.806. The predicted octanol–water partition coefficient (Wildman–Crippen LogP) is 4.84. The third kappa shape index (κ3) is 11.9. The Morgan fingerprint density at radius 3 is 2.39 bits per heavy atom. The molecule has 0 aliphatic carbocycles. The number of benzene rings is 3. The summed E-state index contributed by atoms with van der Waals surface area (Å²) in [4.78, 5) is 66.6. The number of hydrogen-bond donors (Lipinski definition) is 4. The highest BCUT2D eigenvalue weighted by Gasteiger charge is 2.28. The number of nitrogens with two attached hydrogens (primary N) is 2. The van der Waals surface area contributed by atoms with Crippen LogP contribution < -0.4 is 36.7 Å². The maximum absolute atomic E-state index is 15.1. The summed E-state index contributed by atoms with van der Waals surface area (Å²) in [6.45, 7) is 6.49. The van der Waals surface area contributed by atoms with Gasteiger partial charge in [0.2, 0.25) is 17.8 Å². The number of nitrogens with one attached hydrogen (secondary N) is 2. The van der Waals surface area contributed by atoms with Crippen molar-refractivity contribution in [3.8, 4) is 23.3 Å². The molecule has 0 saturated carbocycles. The summed E-state index contributed by atoms with van der Waals surface area (Å²) in [7, 11) is 3.45. The van der Waals surface area contributed by atoms with E-state index >= 15 is 4.39 Å². The number of nitrogen functional groups attached to an aromatic ring is 2. The number of nitriles is 1. The van der Waals surface area contributed by atoms with E-state index in [9.17, 15) is 28.8 Å². The Morgan fingerprint density at radius 2 is 1.74 bits per heavy atom. The number of likely N-dealkylation sites (tertiary alicyclic amines) is 1. The molecule has 2 aliphatic rings. The highest BCUT2D eigenvalue weighted by Crippen LogP contribution is 2.38. The van der Waals surface area contributed by atoms with Crippen molar-refractivity contribution in [3.63, 3.8) is 0 Å². The second-order valence-corrected chi connectivity index (χ2v) is 16.6. The van der Waals surface area contributed by atoms with E-state index in [1.807, 2.05) is 34.1 Å². The lowest BCUT2D eigenvalue weighted by molar-refractivity contribution is -0.133. The number of amides is 2. The van der Waals surface area contributed by atoms with E-state index in [4.69, 9.17) is 16.2 Å². The minimum absolute atomic E-state index is 0.00292. The number of fused-ring (bicyclic) bond motifs is 1. The fraction of sp³-hybridized carbons (Fsp3) is 0.378. The van der Waals surface area contributed by atoms with Crippen molar-refractivity contribution >= 4 is 64.1 Å². The van der Waals surface area contributed by atoms with Gasteiger partial charge < -0.3 is 40.8 Å². The molecule has 0 radical (unpaired) electrons. The van der Waals surface area contributed by atoms with Crippen LogP contribution in [-0.4, -0.2) is 118 Å². The zero-order valence-electron chi connectivity index (χ0n) is 37.0.